The van der Waals surface area contributed by atoms with E-state index in [1.165, 1.54) is 0 Å². The van der Waals surface area contributed by atoms with E-state index in [1.54, 1.807) is 12.1 Å². The third-order valence-corrected chi connectivity index (χ3v) is 5.98. The smallest absolute Gasteiger partial charge is 0.262 e. The molecule has 0 saturated carbocycles. The van der Waals surface area contributed by atoms with E-state index >= 15 is 0 Å². The maximum absolute atomic E-state index is 13.1. The lowest BCUT2D eigenvalue weighted by Gasteiger charge is -2.36. The number of piperidine rings is 2. The third-order valence-electron chi connectivity index (χ3n) is 5.98. The number of imide groups is 2. The Morgan fingerprint density at radius 1 is 1.11 bits per heavy atom. The SMILES string of the molecule is CC1CCC(N)CN1Cc1cccc2c1C(=O)N(C1CCC(=O)NC1=O)C2=O. The molecular weight excluding hydrogens is 360 g/mol. The zero-order valence-electron chi connectivity index (χ0n) is 15.8. The van der Waals surface area contributed by atoms with Crippen LogP contribution >= 0.6 is 0 Å². The number of fused-ring (bicyclic) bond motifs is 1. The van der Waals surface area contributed by atoms with Crippen LogP contribution in [0, 0.1) is 0 Å². The van der Waals surface area contributed by atoms with Gasteiger partial charge in [0.15, 0.2) is 0 Å². The standard InChI is InChI=1S/C20H24N4O4/c1-11-5-6-13(21)10-23(11)9-12-3-2-4-14-17(12)20(28)24(19(14)27)15-7-8-16(25)22-18(15)26/h2-4,11,13,15H,5-10,21H2,1H3,(H,22,25,26). The molecule has 4 amide bonds. The Bertz CT molecular complexity index is 868. The van der Waals surface area contributed by atoms with Crippen LogP contribution in [0.25, 0.3) is 0 Å². The minimum Gasteiger partial charge on any atom is -0.327 e. The lowest BCUT2D eigenvalue weighted by atomic mass is 9.97. The third kappa shape index (κ3) is 3.12. The first-order chi connectivity index (χ1) is 13.4. The summed E-state index contributed by atoms with van der Waals surface area (Å²) in [4.78, 5) is 52.9. The van der Waals surface area contributed by atoms with Crippen molar-refractivity contribution in [1.29, 1.82) is 0 Å². The number of benzene rings is 1. The highest BCUT2D eigenvalue weighted by molar-refractivity contribution is 6.24. The number of nitrogens with one attached hydrogen (secondary N) is 1. The molecule has 3 heterocycles. The van der Waals surface area contributed by atoms with Crippen molar-refractivity contribution < 1.29 is 19.2 Å². The summed E-state index contributed by atoms with van der Waals surface area (Å²) < 4.78 is 0. The predicted octanol–water partition coefficient (Wildman–Crippen LogP) is 0.399. The second-order valence-electron chi connectivity index (χ2n) is 7.90. The number of amides is 4. The van der Waals surface area contributed by atoms with Crippen LogP contribution < -0.4 is 11.1 Å². The Kier molecular flexibility index (Phi) is 4.76. The molecule has 8 nitrogen and oxygen atoms in total. The normalized spacial score (nSPS) is 28.5. The van der Waals surface area contributed by atoms with Gasteiger partial charge in [-0.1, -0.05) is 12.1 Å². The van der Waals surface area contributed by atoms with Crippen LogP contribution in [0.1, 0.15) is 58.9 Å². The summed E-state index contributed by atoms with van der Waals surface area (Å²) in [6.07, 6.45) is 2.24. The largest absolute Gasteiger partial charge is 0.327 e. The van der Waals surface area contributed by atoms with Crippen LogP contribution in [-0.4, -0.2) is 58.1 Å². The molecule has 0 aromatic heterocycles. The summed E-state index contributed by atoms with van der Waals surface area (Å²) in [6.45, 7) is 3.40. The van der Waals surface area contributed by atoms with Crippen LogP contribution in [0.15, 0.2) is 18.2 Å². The van der Waals surface area contributed by atoms with Crippen LogP contribution in [0.5, 0.6) is 0 Å². The fraction of sp³-hybridized carbons (Fsp3) is 0.500. The number of likely N-dealkylation sites (tertiary alicyclic amines) is 1. The quantitative estimate of drug-likeness (QED) is 0.730. The summed E-state index contributed by atoms with van der Waals surface area (Å²) in [6, 6.07) is 4.74. The molecule has 3 aliphatic heterocycles. The second kappa shape index (κ2) is 7.10. The number of carbonyl (C=O) groups excluding carboxylic acids is 4. The van der Waals surface area contributed by atoms with Crippen molar-refractivity contribution in [2.75, 3.05) is 6.54 Å². The van der Waals surface area contributed by atoms with Crippen molar-refractivity contribution in [2.24, 2.45) is 5.73 Å². The van der Waals surface area contributed by atoms with E-state index in [1.807, 2.05) is 6.07 Å². The molecule has 0 spiro atoms. The predicted molar refractivity (Wildman–Crippen MR) is 100 cm³/mol. The first-order valence-corrected chi connectivity index (χ1v) is 9.70. The highest BCUT2D eigenvalue weighted by Crippen LogP contribution is 2.31. The molecule has 4 rings (SSSR count). The zero-order chi connectivity index (χ0) is 20.0. The zero-order valence-corrected chi connectivity index (χ0v) is 15.8. The van der Waals surface area contributed by atoms with Crippen molar-refractivity contribution in [3.8, 4) is 0 Å². The van der Waals surface area contributed by atoms with Gasteiger partial charge < -0.3 is 5.73 Å². The van der Waals surface area contributed by atoms with Gasteiger partial charge in [0.1, 0.15) is 6.04 Å². The van der Waals surface area contributed by atoms with Crippen LogP contribution in [-0.2, 0) is 16.1 Å². The van der Waals surface area contributed by atoms with Gasteiger partial charge in [0.2, 0.25) is 11.8 Å². The lowest BCUT2D eigenvalue weighted by molar-refractivity contribution is -0.136. The van der Waals surface area contributed by atoms with Gasteiger partial charge in [-0.05, 0) is 37.8 Å². The fourth-order valence-electron chi connectivity index (χ4n) is 4.37. The number of nitrogens with two attached hydrogens (primary N) is 1. The molecule has 8 heteroatoms. The van der Waals surface area contributed by atoms with Gasteiger partial charge in [-0.2, -0.15) is 0 Å². The van der Waals surface area contributed by atoms with E-state index in [0.29, 0.717) is 23.7 Å². The molecule has 3 atom stereocenters. The van der Waals surface area contributed by atoms with E-state index in [0.717, 1.165) is 29.8 Å². The summed E-state index contributed by atoms with van der Waals surface area (Å²) in [5.74, 6) is -1.91. The maximum atomic E-state index is 13.1. The van der Waals surface area contributed by atoms with Crippen molar-refractivity contribution in [2.45, 2.75) is 57.3 Å². The summed E-state index contributed by atoms with van der Waals surface area (Å²) >= 11 is 0. The molecule has 0 radical (unpaired) electrons. The number of hydrogen-bond donors (Lipinski definition) is 2. The van der Waals surface area contributed by atoms with E-state index < -0.39 is 23.8 Å². The van der Waals surface area contributed by atoms with Crippen molar-refractivity contribution in [1.82, 2.24) is 15.1 Å². The Balaban J connectivity index is 1.63. The fourth-order valence-corrected chi connectivity index (χ4v) is 4.37. The molecule has 1 aromatic rings. The van der Waals surface area contributed by atoms with Gasteiger partial charge in [0, 0.05) is 31.6 Å². The molecule has 28 heavy (non-hydrogen) atoms. The number of carbonyl (C=O) groups is 4. The molecule has 0 aliphatic carbocycles. The van der Waals surface area contributed by atoms with Crippen molar-refractivity contribution in [3.05, 3.63) is 34.9 Å². The molecule has 3 unspecified atom stereocenters. The Morgan fingerprint density at radius 2 is 1.89 bits per heavy atom. The molecular formula is C20H24N4O4. The average molecular weight is 384 g/mol. The van der Waals surface area contributed by atoms with E-state index in [2.05, 4.69) is 17.1 Å². The second-order valence-corrected chi connectivity index (χ2v) is 7.90. The molecule has 2 saturated heterocycles. The monoisotopic (exact) mass is 384 g/mol. The average Bonchev–Trinajstić information content (AvgIpc) is 2.90. The van der Waals surface area contributed by atoms with E-state index in [4.69, 9.17) is 5.73 Å². The van der Waals surface area contributed by atoms with Gasteiger partial charge in [0.25, 0.3) is 11.8 Å². The molecule has 0 bridgehead atoms. The van der Waals surface area contributed by atoms with E-state index in [-0.39, 0.29) is 24.8 Å². The van der Waals surface area contributed by atoms with Gasteiger partial charge in [-0.3, -0.25) is 34.3 Å². The van der Waals surface area contributed by atoms with Crippen molar-refractivity contribution >= 4 is 23.6 Å². The Morgan fingerprint density at radius 3 is 2.64 bits per heavy atom. The maximum Gasteiger partial charge on any atom is 0.262 e. The van der Waals surface area contributed by atoms with Crippen LogP contribution in [0.2, 0.25) is 0 Å². The van der Waals surface area contributed by atoms with Gasteiger partial charge in [-0.25, -0.2) is 0 Å². The highest BCUT2D eigenvalue weighted by atomic mass is 16.2. The molecule has 148 valence electrons. The van der Waals surface area contributed by atoms with Crippen LogP contribution in [0.3, 0.4) is 0 Å². The summed E-state index contributed by atoms with van der Waals surface area (Å²) in [5.41, 5.74) is 7.56. The van der Waals surface area contributed by atoms with Crippen LogP contribution in [0.4, 0.5) is 0 Å². The van der Waals surface area contributed by atoms with Gasteiger partial charge >= 0.3 is 0 Å². The minimum absolute atomic E-state index is 0.102. The van der Waals surface area contributed by atoms with Crippen molar-refractivity contribution in [3.63, 3.8) is 0 Å². The highest BCUT2D eigenvalue weighted by Gasteiger charge is 2.45. The molecule has 3 aliphatic rings. The minimum atomic E-state index is -0.944. The van der Waals surface area contributed by atoms with E-state index in [9.17, 15) is 19.2 Å². The lowest BCUT2D eigenvalue weighted by Crippen LogP contribution is -2.54. The topological polar surface area (TPSA) is 113 Å². The molecule has 1 aromatic carbocycles. The first kappa shape index (κ1) is 18.8. The van der Waals surface area contributed by atoms with Gasteiger partial charge in [-0.15, -0.1) is 0 Å². The summed E-state index contributed by atoms with van der Waals surface area (Å²) in [7, 11) is 0. The number of nitrogens with zero attached hydrogens (tertiary/aromatic N) is 2. The molecule has 3 N–H and O–H groups in total. The Labute approximate surface area is 163 Å². The summed E-state index contributed by atoms with van der Waals surface area (Å²) in [5, 5.41) is 2.22. The number of rotatable bonds is 3. The van der Waals surface area contributed by atoms with Gasteiger partial charge in [0.05, 0.1) is 11.1 Å². The molecule has 2 fully saturated rings. The first-order valence-electron chi connectivity index (χ1n) is 9.70. The Hall–Kier alpha value is -2.58. The number of hydrogen-bond acceptors (Lipinski definition) is 6.